The van der Waals surface area contributed by atoms with Crippen molar-refractivity contribution >= 4 is 11.0 Å². The standard InChI is InChI=1S/C14H15N5/c1-10-17-13(18-15)12-7-8-16-14(12)19(10)9-11-5-3-2-4-6-11/h2-8,16H,9,15H2,1H3/b18-13+. The zero-order valence-electron chi connectivity index (χ0n) is 10.7. The summed E-state index contributed by atoms with van der Waals surface area (Å²) in [6.45, 7) is 2.72. The molecule has 0 aliphatic carbocycles. The number of H-pyrrole nitrogens is 1. The molecule has 0 spiro atoms. The number of benzene rings is 1. The summed E-state index contributed by atoms with van der Waals surface area (Å²) in [4.78, 5) is 7.67. The highest BCUT2D eigenvalue weighted by molar-refractivity contribution is 5.74. The Hall–Kier alpha value is -2.56. The van der Waals surface area contributed by atoms with Crippen LogP contribution in [0.1, 0.15) is 11.4 Å². The maximum Gasteiger partial charge on any atom is 0.184 e. The lowest BCUT2D eigenvalue weighted by atomic mass is 10.2. The summed E-state index contributed by atoms with van der Waals surface area (Å²) in [6.07, 6.45) is 1.88. The normalized spacial score (nSPS) is 12.2. The number of nitrogens with zero attached hydrogens (tertiary/aromatic N) is 3. The third-order valence-electron chi connectivity index (χ3n) is 3.20. The SMILES string of the molecule is Cc1n/c(=N/N)c2cc[nH]c2n1Cc1ccccc1. The topological polar surface area (TPSA) is 72.0 Å². The number of hydrogen-bond donors (Lipinski definition) is 2. The molecule has 0 bridgehead atoms. The predicted molar refractivity (Wildman–Crippen MR) is 74.1 cm³/mol. The van der Waals surface area contributed by atoms with Crippen molar-refractivity contribution in [3.05, 3.63) is 59.5 Å². The fourth-order valence-corrected chi connectivity index (χ4v) is 2.26. The molecule has 0 radical (unpaired) electrons. The van der Waals surface area contributed by atoms with E-state index < -0.39 is 0 Å². The van der Waals surface area contributed by atoms with Crippen molar-refractivity contribution in [3.63, 3.8) is 0 Å². The molecule has 0 aliphatic heterocycles. The molecule has 3 N–H and O–H groups in total. The molecular formula is C14H15N5. The van der Waals surface area contributed by atoms with Crippen LogP contribution in [0.4, 0.5) is 0 Å². The summed E-state index contributed by atoms with van der Waals surface area (Å²) in [5, 5.41) is 4.67. The third-order valence-corrected chi connectivity index (χ3v) is 3.20. The van der Waals surface area contributed by atoms with Crippen LogP contribution in [0.25, 0.3) is 11.0 Å². The van der Waals surface area contributed by atoms with E-state index in [0.29, 0.717) is 5.49 Å². The number of aromatic nitrogens is 3. The van der Waals surface area contributed by atoms with Gasteiger partial charge in [-0.1, -0.05) is 30.3 Å². The molecule has 19 heavy (non-hydrogen) atoms. The summed E-state index contributed by atoms with van der Waals surface area (Å²) in [7, 11) is 0. The molecule has 0 saturated heterocycles. The number of rotatable bonds is 2. The average molecular weight is 253 g/mol. The highest BCUT2D eigenvalue weighted by Crippen LogP contribution is 2.12. The van der Waals surface area contributed by atoms with E-state index >= 15 is 0 Å². The summed E-state index contributed by atoms with van der Waals surface area (Å²) < 4.78 is 2.12. The second-order valence-electron chi connectivity index (χ2n) is 4.42. The van der Waals surface area contributed by atoms with Crippen LogP contribution in [0.15, 0.2) is 47.7 Å². The predicted octanol–water partition coefficient (Wildman–Crippen LogP) is 1.50. The van der Waals surface area contributed by atoms with Gasteiger partial charge in [-0.2, -0.15) is 5.10 Å². The van der Waals surface area contributed by atoms with Gasteiger partial charge in [-0.05, 0) is 18.6 Å². The first kappa shape index (κ1) is 11.5. The van der Waals surface area contributed by atoms with Crippen molar-refractivity contribution < 1.29 is 0 Å². The average Bonchev–Trinajstić information content (AvgIpc) is 2.92. The first-order chi connectivity index (χ1) is 9.29. The zero-order chi connectivity index (χ0) is 13.2. The van der Waals surface area contributed by atoms with Crippen LogP contribution in [0.5, 0.6) is 0 Å². The van der Waals surface area contributed by atoms with Gasteiger partial charge in [0.2, 0.25) is 0 Å². The molecule has 2 aromatic heterocycles. The van der Waals surface area contributed by atoms with E-state index in [9.17, 15) is 0 Å². The molecule has 5 heteroatoms. The molecular weight excluding hydrogens is 238 g/mol. The van der Waals surface area contributed by atoms with Gasteiger partial charge in [-0.3, -0.25) is 0 Å². The molecule has 5 nitrogen and oxygen atoms in total. The van der Waals surface area contributed by atoms with Crippen LogP contribution in [-0.2, 0) is 6.54 Å². The van der Waals surface area contributed by atoms with Crippen LogP contribution in [0.3, 0.4) is 0 Å². The van der Waals surface area contributed by atoms with E-state index in [4.69, 9.17) is 5.84 Å². The van der Waals surface area contributed by atoms with Gasteiger partial charge in [0, 0.05) is 6.20 Å². The number of hydrogen-bond acceptors (Lipinski definition) is 3. The highest BCUT2D eigenvalue weighted by atomic mass is 15.2. The smallest absolute Gasteiger partial charge is 0.184 e. The monoisotopic (exact) mass is 253 g/mol. The maximum absolute atomic E-state index is 5.39. The quantitative estimate of drug-likeness (QED) is 0.536. The van der Waals surface area contributed by atoms with Crippen molar-refractivity contribution in [2.45, 2.75) is 13.5 Å². The Morgan fingerprint density at radius 1 is 1.26 bits per heavy atom. The van der Waals surface area contributed by atoms with E-state index in [1.54, 1.807) is 0 Å². The lowest BCUT2D eigenvalue weighted by Crippen LogP contribution is -2.19. The van der Waals surface area contributed by atoms with E-state index in [0.717, 1.165) is 23.4 Å². The lowest BCUT2D eigenvalue weighted by molar-refractivity contribution is 0.744. The Balaban J connectivity index is 2.19. The second-order valence-corrected chi connectivity index (χ2v) is 4.42. The number of nitrogens with two attached hydrogens (primary N) is 1. The summed E-state index contributed by atoms with van der Waals surface area (Å²) in [5.74, 6) is 6.26. The molecule has 0 aliphatic rings. The molecule has 0 fully saturated rings. The lowest BCUT2D eigenvalue weighted by Gasteiger charge is -2.12. The van der Waals surface area contributed by atoms with Crippen molar-refractivity contribution in [2.75, 3.05) is 0 Å². The van der Waals surface area contributed by atoms with Gasteiger partial charge in [0.25, 0.3) is 0 Å². The Bertz CT molecular complexity index is 767. The van der Waals surface area contributed by atoms with Crippen LogP contribution in [-0.4, -0.2) is 14.5 Å². The molecule has 0 amide bonds. The van der Waals surface area contributed by atoms with E-state index in [1.165, 1.54) is 5.56 Å². The van der Waals surface area contributed by atoms with Gasteiger partial charge in [-0.15, -0.1) is 0 Å². The van der Waals surface area contributed by atoms with E-state index in [1.807, 2.05) is 37.4 Å². The maximum atomic E-state index is 5.39. The van der Waals surface area contributed by atoms with Crippen LogP contribution >= 0.6 is 0 Å². The molecule has 3 rings (SSSR count). The second kappa shape index (κ2) is 4.61. The number of aryl methyl sites for hydroxylation is 1. The first-order valence-electron chi connectivity index (χ1n) is 6.12. The molecule has 2 heterocycles. The van der Waals surface area contributed by atoms with Crippen LogP contribution in [0, 0.1) is 6.92 Å². The van der Waals surface area contributed by atoms with Crippen molar-refractivity contribution in [1.82, 2.24) is 14.5 Å². The number of fused-ring (bicyclic) bond motifs is 1. The Morgan fingerprint density at radius 2 is 2.05 bits per heavy atom. The zero-order valence-corrected chi connectivity index (χ0v) is 10.7. The largest absolute Gasteiger partial charge is 0.347 e. The third kappa shape index (κ3) is 1.99. The van der Waals surface area contributed by atoms with Crippen molar-refractivity contribution in [2.24, 2.45) is 10.9 Å². The van der Waals surface area contributed by atoms with E-state index in [-0.39, 0.29) is 0 Å². The first-order valence-corrected chi connectivity index (χ1v) is 6.12. The van der Waals surface area contributed by atoms with Gasteiger partial charge in [0.15, 0.2) is 5.49 Å². The molecule has 96 valence electrons. The number of aromatic amines is 1. The Morgan fingerprint density at radius 3 is 2.79 bits per heavy atom. The minimum atomic E-state index is 0.568. The molecule has 0 saturated carbocycles. The Labute approximate surface area is 110 Å². The number of nitrogens with one attached hydrogen (secondary N) is 1. The summed E-state index contributed by atoms with van der Waals surface area (Å²) >= 11 is 0. The van der Waals surface area contributed by atoms with Crippen LogP contribution in [0.2, 0.25) is 0 Å². The molecule has 0 unspecified atom stereocenters. The van der Waals surface area contributed by atoms with Gasteiger partial charge in [0.05, 0.1) is 11.9 Å². The fraction of sp³-hybridized carbons (Fsp3) is 0.143. The highest BCUT2D eigenvalue weighted by Gasteiger charge is 2.07. The molecule has 0 atom stereocenters. The molecule has 3 aromatic rings. The Kier molecular flexibility index (Phi) is 2.79. The summed E-state index contributed by atoms with van der Waals surface area (Å²) in [5.41, 5.74) is 2.78. The van der Waals surface area contributed by atoms with Gasteiger partial charge in [0.1, 0.15) is 11.5 Å². The summed E-state index contributed by atoms with van der Waals surface area (Å²) in [6, 6.07) is 12.2. The molecule has 1 aromatic carbocycles. The van der Waals surface area contributed by atoms with Crippen molar-refractivity contribution in [3.8, 4) is 0 Å². The minimum Gasteiger partial charge on any atom is -0.347 e. The van der Waals surface area contributed by atoms with Gasteiger partial charge >= 0.3 is 0 Å². The van der Waals surface area contributed by atoms with Crippen LogP contribution < -0.4 is 11.3 Å². The van der Waals surface area contributed by atoms with Gasteiger partial charge in [-0.25, -0.2) is 4.98 Å². The van der Waals surface area contributed by atoms with Gasteiger partial charge < -0.3 is 15.4 Å². The minimum absolute atomic E-state index is 0.568. The fourth-order valence-electron chi connectivity index (χ4n) is 2.26. The van der Waals surface area contributed by atoms with E-state index in [2.05, 4.69) is 31.8 Å². The van der Waals surface area contributed by atoms with Crippen molar-refractivity contribution in [1.29, 1.82) is 0 Å².